The summed E-state index contributed by atoms with van der Waals surface area (Å²) in [4.78, 5) is 0. The molecule has 94 valence electrons. The van der Waals surface area contributed by atoms with E-state index in [0.717, 1.165) is 31.4 Å². The summed E-state index contributed by atoms with van der Waals surface area (Å²) in [5.74, 6) is 2.51. The molecule has 0 bridgehead atoms. The van der Waals surface area contributed by atoms with Gasteiger partial charge in [-0.2, -0.15) is 0 Å². The van der Waals surface area contributed by atoms with E-state index in [-0.39, 0.29) is 0 Å². The number of benzene rings is 1. The number of hydrogen-bond donors (Lipinski definition) is 1. The Morgan fingerprint density at radius 3 is 2.88 bits per heavy atom. The maximum absolute atomic E-state index is 5.72. The molecule has 0 saturated heterocycles. The Kier molecular flexibility index (Phi) is 4.43. The molecule has 1 aromatic rings. The zero-order valence-electron chi connectivity index (χ0n) is 10.9. The van der Waals surface area contributed by atoms with Crippen LogP contribution in [0.1, 0.15) is 32.3 Å². The third kappa shape index (κ3) is 4.78. The van der Waals surface area contributed by atoms with Crippen LogP contribution in [0, 0.1) is 11.8 Å². The van der Waals surface area contributed by atoms with Crippen LogP contribution in [0.5, 0.6) is 5.75 Å². The molecule has 1 N–H and O–H groups in total. The van der Waals surface area contributed by atoms with Gasteiger partial charge in [-0.1, -0.05) is 26.0 Å². The van der Waals surface area contributed by atoms with Gasteiger partial charge in [0, 0.05) is 6.54 Å². The monoisotopic (exact) mass is 233 g/mol. The molecule has 0 spiro atoms. The molecule has 0 aromatic heterocycles. The average molecular weight is 233 g/mol. The lowest BCUT2D eigenvalue weighted by atomic mass is 10.2. The number of rotatable bonds is 7. The van der Waals surface area contributed by atoms with Crippen LogP contribution in [0.15, 0.2) is 24.3 Å². The van der Waals surface area contributed by atoms with Crippen molar-refractivity contribution in [2.75, 3.05) is 13.2 Å². The zero-order valence-corrected chi connectivity index (χ0v) is 10.9. The highest BCUT2D eigenvalue weighted by Gasteiger charge is 2.20. The molecule has 0 aliphatic heterocycles. The van der Waals surface area contributed by atoms with E-state index in [1.165, 1.54) is 18.4 Å². The van der Waals surface area contributed by atoms with E-state index in [9.17, 15) is 0 Å². The van der Waals surface area contributed by atoms with E-state index in [0.29, 0.717) is 5.92 Å². The predicted octanol–water partition coefficient (Wildman–Crippen LogP) is 3.22. The molecule has 0 unspecified atom stereocenters. The summed E-state index contributed by atoms with van der Waals surface area (Å²) >= 11 is 0. The highest BCUT2D eigenvalue weighted by atomic mass is 16.5. The second-order valence-corrected chi connectivity index (χ2v) is 5.43. The van der Waals surface area contributed by atoms with Crippen molar-refractivity contribution in [1.82, 2.24) is 5.32 Å². The van der Waals surface area contributed by atoms with Gasteiger partial charge in [0.1, 0.15) is 5.75 Å². The van der Waals surface area contributed by atoms with Gasteiger partial charge in [-0.15, -0.1) is 0 Å². The summed E-state index contributed by atoms with van der Waals surface area (Å²) < 4.78 is 5.72. The van der Waals surface area contributed by atoms with Crippen LogP contribution in [0.2, 0.25) is 0 Å². The molecule has 0 radical (unpaired) electrons. The normalized spacial score (nSPS) is 15.2. The van der Waals surface area contributed by atoms with Crippen LogP contribution in [0.25, 0.3) is 0 Å². The standard InChI is InChI=1S/C15H23NO/c1-12(2)11-17-15-5-3-4-14(8-15)10-16-9-13-6-7-13/h3-5,8,12-13,16H,6-7,9-11H2,1-2H3. The van der Waals surface area contributed by atoms with Crippen LogP contribution >= 0.6 is 0 Å². The molecule has 0 heterocycles. The van der Waals surface area contributed by atoms with E-state index in [2.05, 4.69) is 37.4 Å². The summed E-state index contributed by atoms with van der Waals surface area (Å²) in [5.41, 5.74) is 1.31. The van der Waals surface area contributed by atoms with Crippen molar-refractivity contribution in [3.8, 4) is 5.75 Å². The minimum absolute atomic E-state index is 0.576. The van der Waals surface area contributed by atoms with Gasteiger partial charge in [0.2, 0.25) is 0 Å². The van der Waals surface area contributed by atoms with Crippen LogP contribution in [-0.4, -0.2) is 13.2 Å². The largest absolute Gasteiger partial charge is 0.493 e. The molecular formula is C15H23NO. The number of hydrogen-bond acceptors (Lipinski definition) is 2. The minimum atomic E-state index is 0.576. The molecule has 0 atom stereocenters. The second-order valence-electron chi connectivity index (χ2n) is 5.43. The van der Waals surface area contributed by atoms with Crippen molar-refractivity contribution < 1.29 is 4.74 Å². The fourth-order valence-corrected chi connectivity index (χ4v) is 1.75. The first kappa shape index (κ1) is 12.4. The number of nitrogens with one attached hydrogen (secondary N) is 1. The van der Waals surface area contributed by atoms with Crippen LogP contribution in [-0.2, 0) is 6.54 Å². The van der Waals surface area contributed by atoms with Crippen LogP contribution < -0.4 is 10.1 Å². The van der Waals surface area contributed by atoms with Crippen LogP contribution in [0.3, 0.4) is 0 Å². The molecule has 1 fully saturated rings. The molecule has 1 aliphatic carbocycles. The third-order valence-corrected chi connectivity index (χ3v) is 2.94. The first-order valence-corrected chi connectivity index (χ1v) is 6.66. The lowest BCUT2D eigenvalue weighted by molar-refractivity contribution is 0.271. The molecular weight excluding hydrogens is 210 g/mol. The molecule has 0 amide bonds. The first-order chi connectivity index (χ1) is 8.24. The fourth-order valence-electron chi connectivity index (χ4n) is 1.75. The summed E-state index contributed by atoms with van der Waals surface area (Å²) in [6.07, 6.45) is 2.81. The Morgan fingerprint density at radius 2 is 2.18 bits per heavy atom. The fraction of sp³-hybridized carbons (Fsp3) is 0.600. The molecule has 2 heteroatoms. The Labute approximate surface area is 104 Å². The smallest absolute Gasteiger partial charge is 0.119 e. The topological polar surface area (TPSA) is 21.3 Å². The van der Waals surface area contributed by atoms with Crippen molar-refractivity contribution in [2.45, 2.75) is 33.2 Å². The summed E-state index contributed by atoms with van der Waals surface area (Å²) in [6.45, 7) is 7.24. The summed E-state index contributed by atoms with van der Waals surface area (Å²) in [6, 6.07) is 8.40. The molecule has 1 aromatic carbocycles. The van der Waals surface area contributed by atoms with E-state index < -0.39 is 0 Å². The Morgan fingerprint density at radius 1 is 1.35 bits per heavy atom. The number of ether oxygens (including phenoxy) is 1. The van der Waals surface area contributed by atoms with Crippen molar-refractivity contribution in [3.63, 3.8) is 0 Å². The van der Waals surface area contributed by atoms with E-state index >= 15 is 0 Å². The highest BCUT2D eigenvalue weighted by Crippen LogP contribution is 2.27. The van der Waals surface area contributed by atoms with Gasteiger partial charge in [0.05, 0.1) is 6.61 Å². The summed E-state index contributed by atoms with van der Waals surface area (Å²) in [5, 5.41) is 3.50. The van der Waals surface area contributed by atoms with Crippen LogP contribution in [0.4, 0.5) is 0 Å². The van der Waals surface area contributed by atoms with Gasteiger partial charge < -0.3 is 10.1 Å². The quantitative estimate of drug-likeness (QED) is 0.780. The Balaban J connectivity index is 1.77. The first-order valence-electron chi connectivity index (χ1n) is 6.66. The predicted molar refractivity (Wildman–Crippen MR) is 71.2 cm³/mol. The van der Waals surface area contributed by atoms with E-state index in [1.807, 2.05) is 6.07 Å². The maximum Gasteiger partial charge on any atom is 0.119 e. The van der Waals surface area contributed by atoms with E-state index in [4.69, 9.17) is 4.74 Å². The van der Waals surface area contributed by atoms with Gasteiger partial charge >= 0.3 is 0 Å². The lowest BCUT2D eigenvalue weighted by Crippen LogP contribution is -2.16. The molecule has 2 nitrogen and oxygen atoms in total. The highest BCUT2D eigenvalue weighted by molar-refractivity contribution is 5.28. The van der Waals surface area contributed by atoms with Gasteiger partial charge in [-0.3, -0.25) is 0 Å². The minimum Gasteiger partial charge on any atom is -0.493 e. The van der Waals surface area contributed by atoms with Crippen molar-refractivity contribution >= 4 is 0 Å². The Bertz CT molecular complexity index is 345. The molecule has 1 saturated carbocycles. The van der Waals surface area contributed by atoms with Crippen molar-refractivity contribution in [2.24, 2.45) is 11.8 Å². The maximum atomic E-state index is 5.72. The lowest BCUT2D eigenvalue weighted by Gasteiger charge is -2.10. The molecule has 1 aliphatic rings. The van der Waals surface area contributed by atoms with Crippen molar-refractivity contribution in [3.05, 3.63) is 29.8 Å². The third-order valence-electron chi connectivity index (χ3n) is 2.94. The Hall–Kier alpha value is -1.02. The SMILES string of the molecule is CC(C)COc1cccc(CNCC2CC2)c1. The molecule has 2 rings (SSSR count). The van der Waals surface area contributed by atoms with Gasteiger partial charge in [-0.05, 0) is 48.9 Å². The molecule has 17 heavy (non-hydrogen) atoms. The van der Waals surface area contributed by atoms with Crippen molar-refractivity contribution in [1.29, 1.82) is 0 Å². The van der Waals surface area contributed by atoms with Gasteiger partial charge in [0.15, 0.2) is 0 Å². The van der Waals surface area contributed by atoms with Gasteiger partial charge in [-0.25, -0.2) is 0 Å². The summed E-state index contributed by atoms with van der Waals surface area (Å²) in [7, 11) is 0. The van der Waals surface area contributed by atoms with Gasteiger partial charge in [0.25, 0.3) is 0 Å². The zero-order chi connectivity index (χ0) is 12.1. The second kappa shape index (κ2) is 6.06. The average Bonchev–Trinajstić information content (AvgIpc) is 3.11. The van der Waals surface area contributed by atoms with E-state index in [1.54, 1.807) is 0 Å².